The third kappa shape index (κ3) is 2.15. The predicted octanol–water partition coefficient (Wildman–Crippen LogP) is 3.17. The summed E-state index contributed by atoms with van der Waals surface area (Å²) in [5, 5.41) is 10.2. The standard InChI is InChI=1S/C13H15NOS/c1-3-12-13(14-9(2)16-12)11-6-4-5-10(7-11)8-15/h4-7,15H,3,8H2,1-2H3. The number of rotatable bonds is 3. The molecule has 1 aromatic heterocycles. The molecule has 84 valence electrons. The fourth-order valence-corrected chi connectivity index (χ4v) is 2.65. The van der Waals surface area contributed by atoms with Crippen LogP contribution in [0.25, 0.3) is 11.3 Å². The minimum Gasteiger partial charge on any atom is -0.392 e. The third-order valence-corrected chi connectivity index (χ3v) is 3.62. The van der Waals surface area contributed by atoms with Gasteiger partial charge in [-0.3, -0.25) is 0 Å². The maximum Gasteiger partial charge on any atom is 0.0904 e. The first-order chi connectivity index (χ1) is 7.74. The quantitative estimate of drug-likeness (QED) is 0.883. The van der Waals surface area contributed by atoms with Crippen LogP contribution in [-0.2, 0) is 13.0 Å². The van der Waals surface area contributed by atoms with E-state index in [0.717, 1.165) is 28.2 Å². The van der Waals surface area contributed by atoms with E-state index >= 15 is 0 Å². The Balaban J connectivity index is 2.48. The Morgan fingerprint density at radius 1 is 1.38 bits per heavy atom. The Kier molecular flexibility index (Phi) is 3.36. The molecule has 2 rings (SSSR count). The molecular weight excluding hydrogens is 218 g/mol. The van der Waals surface area contributed by atoms with Gasteiger partial charge >= 0.3 is 0 Å². The number of thiazole rings is 1. The van der Waals surface area contributed by atoms with Crippen molar-refractivity contribution < 1.29 is 5.11 Å². The molecule has 0 bridgehead atoms. The summed E-state index contributed by atoms with van der Waals surface area (Å²) in [5.41, 5.74) is 3.11. The molecule has 0 saturated carbocycles. The minimum absolute atomic E-state index is 0.0818. The SMILES string of the molecule is CCc1sc(C)nc1-c1cccc(CO)c1. The van der Waals surface area contributed by atoms with Gasteiger partial charge in [-0.05, 0) is 25.0 Å². The van der Waals surface area contributed by atoms with Gasteiger partial charge in [0.05, 0.1) is 17.3 Å². The Labute approximate surface area is 99.6 Å². The monoisotopic (exact) mass is 233 g/mol. The molecule has 0 radical (unpaired) electrons. The van der Waals surface area contributed by atoms with E-state index in [4.69, 9.17) is 5.11 Å². The van der Waals surface area contributed by atoms with E-state index in [1.807, 2.05) is 31.2 Å². The lowest BCUT2D eigenvalue weighted by Gasteiger charge is -2.02. The number of hydrogen-bond donors (Lipinski definition) is 1. The molecule has 2 aromatic rings. The van der Waals surface area contributed by atoms with Gasteiger partial charge in [-0.15, -0.1) is 11.3 Å². The summed E-state index contributed by atoms with van der Waals surface area (Å²) in [6.07, 6.45) is 1.00. The van der Waals surface area contributed by atoms with E-state index in [-0.39, 0.29) is 6.61 Å². The Bertz CT molecular complexity index is 490. The van der Waals surface area contributed by atoms with Gasteiger partial charge in [-0.2, -0.15) is 0 Å². The maximum absolute atomic E-state index is 9.12. The number of nitrogens with zero attached hydrogens (tertiary/aromatic N) is 1. The van der Waals surface area contributed by atoms with Gasteiger partial charge in [-0.1, -0.05) is 25.1 Å². The normalized spacial score (nSPS) is 10.7. The smallest absolute Gasteiger partial charge is 0.0904 e. The van der Waals surface area contributed by atoms with Gasteiger partial charge in [0.1, 0.15) is 0 Å². The van der Waals surface area contributed by atoms with Crippen molar-refractivity contribution in [2.75, 3.05) is 0 Å². The van der Waals surface area contributed by atoms with Crippen molar-refractivity contribution in [1.82, 2.24) is 4.98 Å². The van der Waals surface area contributed by atoms with Crippen molar-refractivity contribution in [3.8, 4) is 11.3 Å². The molecular formula is C13H15NOS. The van der Waals surface area contributed by atoms with Crippen molar-refractivity contribution in [3.05, 3.63) is 39.7 Å². The lowest BCUT2D eigenvalue weighted by atomic mass is 10.1. The summed E-state index contributed by atoms with van der Waals surface area (Å²) in [6.45, 7) is 4.26. The molecule has 2 nitrogen and oxygen atoms in total. The molecule has 3 heteroatoms. The topological polar surface area (TPSA) is 33.1 Å². The predicted molar refractivity (Wildman–Crippen MR) is 67.6 cm³/mol. The summed E-state index contributed by atoms with van der Waals surface area (Å²) in [6, 6.07) is 7.95. The molecule has 1 heterocycles. The fourth-order valence-electron chi connectivity index (χ4n) is 1.75. The van der Waals surface area contributed by atoms with Crippen LogP contribution >= 0.6 is 11.3 Å². The van der Waals surface area contributed by atoms with Crippen molar-refractivity contribution in [3.63, 3.8) is 0 Å². The van der Waals surface area contributed by atoms with E-state index in [1.54, 1.807) is 11.3 Å². The third-order valence-electron chi connectivity index (χ3n) is 2.51. The minimum atomic E-state index is 0.0818. The van der Waals surface area contributed by atoms with Gasteiger partial charge in [0.2, 0.25) is 0 Å². The van der Waals surface area contributed by atoms with Crippen molar-refractivity contribution in [1.29, 1.82) is 0 Å². The second-order valence-corrected chi connectivity index (χ2v) is 5.00. The average Bonchev–Trinajstić information content (AvgIpc) is 2.70. The average molecular weight is 233 g/mol. The zero-order chi connectivity index (χ0) is 11.5. The zero-order valence-electron chi connectivity index (χ0n) is 9.53. The van der Waals surface area contributed by atoms with Crippen LogP contribution in [0.15, 0.2) is 24.3 Å². The first-order valence-electron chi connectivity index (χ1n) is 5.41. The number of aliphatic hydroxyl groups is 1. The van der Waals surface area contributed by atoms with Crippen LogP contribution in [0.3, 0.4) is 0 Å². The number of hydrogen-bond acceptors (Lipinski definition) is 3. The number of benzene rings is 1. The van der Waals surface area contributed by atoms with E-state index in [1.165, 1.54) is 4.88 Å². The van der Waals surface area contributed by atoms with E-state index in [0.29, 0.717) is 0 Å². The maximum atomic E-state index is 9.12. The van der Waals surface area contributed by atoms with Crippen molar-refractivity contribution in [2.45, 2.75) is 26.9 Å². The van der Waals surface area contributed by atoms with Crippen LogP contribution in [-0.4, -0.2) is 10.1 Å². The van der Waals surface area contributed by atoms with Crippen molar-refractivity contribution in [2.24, 2.45) is 0 Å². The van der Waals surface area contributed by atoms with Gasteiger partial charge in [0.15, 0.2) is 0 Å². The van der Waals surface area contributed by atoms with Crippen LogP contribution in [0.2, 0.25) is 0 Å². The van der Waals surface area contributed by atoms with Gasteiger partial charge in [0, 0.05) is 10.4 Å². The summed E-state index contributed by atoms with van der Waals surface area (Å²) in [7, 11) is 0. The number of aryl methyl sites for hydroxylation is 2. The lowest BCUT2D eigenvalue weighted by Crippen LogP contribution is -1.87. The molecule has 0 atom stereocenters. The Morgan fingerprint density at radius 2 is 2.19 bits per heavy atom. The number of aliphatic hydroxyl groups excluding tert-OH is 1. The first-order valence-corrected chi connectivity index (χ1v) is 6.22. The molecule has 0 aliphatic rings. The summed E-state index contributed by atoms with van der Waals surface area (Å²) in [5.74, 6) is 0. The molecule has 0 aliphatic heterocycles. The van der Waals surface area contributed by atoms with Crippen LogP contribution < -0.4 is 0 Å². The second kappa shape index (κ2) is 4.76. The largest absolute Gasteiger partial charge is 0.392 e. The summed E-state index contributed by atoms with van der Waals surface area (Å²) >= 11 is 1.75. The van der Waals surface area contributed by atoms with E-state index in [2.05, 4.69) is 11.9 Å². The Hall–Kier alpha value is -1.19. The summed E-state index contributed by atoms with van der Waals surface area (Å²) in [4.78, 5) is 5.88. The Morgan fingerprint density at radius 3 is 2.88 bits per heavy atom. The molecule has 0 saturated heterocycles. The highest BCUT2D eigenvalue weighted by Crippen LogP contribution is 2.28. The van der Waals surface area contributed by atoms with E-state index in [9.17, 15) is 0 Å². The van der Waals surface area contributed by atoms with Crippen LogP contribution in [0.1, 0.15) is 22.4 Å². The van der Waals surface area contributed by atoms with Crippen LogP contribution in [0.5, 0.6) is 0 Å². The van der Waals surface area contributed by atoms with Gasteiger partial charge in [0.25, 0.3) is 0 Å². The highest BCUT2D eigenvalue weighted by atomic mass is 32.1. The highest BCUT2D eigenvalue weighted by molar-refractivity contribution is 7.12. The van der Waals surface area contributed by atoms with Crippen molar-refractivity contribution >= 4 is 11.3 Å². The van der Waals surface area contributed by atoms with Crippen LogP contribution in [0.4, 0.5) is 0 Å². The molecule has 0 spiro atoms. The lowest BCUT2D eigenvalue weighted by molar-refractivity contribution is 0.282. The molecule has 1 N–H and O–H groups in total. The zero-order valence-corrected chi connectivity index (χ0v) is 10.3. The van der Waals surface area contributed by atoms with Gasteiger partial charge in [-0.25, -0.2) is 4.98 Å². The molecule has 0 unspecified atom stereocenters. The molecule has 16 heavy (non-hydrogen) atoms. The molecule has 0 amide bonds. The molecule has 1 aromatic carbocycles. The van der Waals surface area contributed by atoms with E-state index < -0.39 is 0 Å². The second-order valence-electron chi connectivity index (χ2n) is 3.72. The van der Waals surface area contributed by atoms with Gasteiger partial charge < -0.3 is 5.11 Å². The molecule has 0 fully saturated rings. The first kappa shape index (κ1) is 11.3. The molecule has 0 aliphatic carbocycles. The summed E-state index contributed by atoms with van der Waals surface area (Å²) < 4.78 is 0. The fraction of sp³-hybridized carbons (Fsp3) is 0.308. The highest BCUT2D eigenvalue weighted by Gasteiger charge is 2.09. The number of aromatic nitrogens is 1. The van der Waals surface area contributed by atoms with Crippen LogP contribution in [0, 0.1) is 6.92 Å².